The molecule has 0 bridgehead atoms. The summed E-state index contributed by atoms with van der Waals surface area (Å²) >= 11 is 5.68. The van der Waals surface area contributed by atoms with E-state index in [9.17, 15) is 0 Å². The highest BCUT2D eigenvalue weighted by Gasteiger charge is 2.03. The molecule has 0 fully saturated rings. The van der Waals surface area contributed by atoms with Crippen molar-refractivity contribution in [2.24, 2.45) is 0 Å². The van der Waals surface area contributed by atoms with Crippen LogP contribution < -0.4 is 4.90 Å². The molecule has 0 saturated heterocycles. The maximum atomic E-state index is 5.68. The van der Waals surface area contributed by atoms with Crippen molar-refractivity contribution in [3.63, 3.8) is 0 Å². The molecule has 0 aliphatic carbocycles. The van der Waals surface area contributed by atoms with Crippen molar-refractivity contribution in [2.45, 2.75) is 39.0 Å². The Balaban J connectivity index is 2.33. The summed E-state index contributed by atoms with van der Waals surface area (Å²) in [5.74, 6) is 0.803. The van der Waals surface area contributed by atoms with E-state index in [1.807, 2.05) is 0 Å². The predicted octanol–water partition coefficient (Wildman–Crippen LogP) is 4.70. The van der Waals surface area contributed by atoms with E-state index in [4.69, 9.17) is 11.6 Å². The van der Waals surface area contributed by atoms with E-state index in [2.05, 4.69) is 42.2 Å². The highest BCUT2D eigenvalue weighted by atomic mass is 35.5. The molecule has 0 radical (unpaired) electrons. The SMILES string of the molecule is CCCN(CCCCCCCl)c1ccccc1. The van der Waals surface area contributed by atoms with Gasteiger partial charge in [-0.2, -0.15) is 0 Å². The topological polar surface area (TPSA) is 3.24 Å². The predicted molar refractivity (Wildman–Crippen MR) is 78.1 cm³/mol. The molecule has 0 aliphatic rings. The molecular weight excluding hydrogens is 230 g/mol. The lowest BCUT2D eigenvalue weighted by Gasteiger charge is -2.24. The molecule has 1 rings (SSSR count). The molecule has 0 saturated carbocycles. The minimum absolute atomic E-state index is 0.803. The number of benzene rings is 1. The molecule has 0 unspecified atom stereocenters. The molecule has 0 atom stereocenters. The van der Waals surface area contributed by atoms with Crippen LogP contribution in [-0.4, -0.2) is 19.0 Å². The minimum Gasteiger partial charge on any atom is -0.372 e. The van der Waals surface area contributed by atoms with Crippen LogP contribution in [0, 0.1) is 0 Å². The second-order valence-corrected chi connectivity index (χ2v) is 4.80. The molecule has 17 heavy (non-hydrogen) atoms. The molecular formula is C15H24ClN. The van der Waals surface area contributed by atoms with Gasteiger partial charge < -0.3 is 4.90 Å². The number of hydrogen-bond donors (Lipinski definition) is 0. The Bertz CT molecular complexity index is 274. The lowest BCUT2D eigenvalue weighted by Crippen LogP contribution is -2.25. The van der Waals surface area contributed by atoms with E-state index in [-0.39, 0.29) is 0 Å². The fourth-order valence-corrected chi connectivity index (χ4v) is 2.22. The van der Waals surface area contributed by atoms with Crippen LogP contribution in [0.5, 0.6) is 0 Å². The minimum atomic E-state index is 0.803. The molecule has 1 nitrogen and oxygen atoms in total. The fourth-order valence-electron chi connectivity index (χ4n) is 2.03. The Kier molecular flexibility index (Phi) is 7.91. The summed E-state index contributed by atoms with van der Waals surface area (Å²) in [7, 11) is 0. The lowest BCUT2D eigenvalue weighted by atomic mass is 10.2. The molecule has 0 amide bonds. The van der Waals surface area contributed by atoms with Crippen LogP contribution in [0.2, 0.25) is 0 Å². The zero-order valence-electron chi connectivity index (χ0n) is 10.9. The first kappa shape index (κ1) is 14.4. The molecule has 0 N–H and O–H groups in total. The summed E-state index contributed by atoms with van der Waals surface area (Å²) in [4.78, 5) is 2.49. The van der Waals surface area contributed by atoms with Gasteiger partial charge in [0.25, 0.3) is 0 Å². The van der Waals surface area contributed by atoms with Crippen LogP contribution in [0.4, 0.5) is 5.69 Å². The third-order valence-electron chi connectivity index (χ3n) is 2.93. The number of para-hydroxylation sites is 1. The van der Waals surface area contributed by atoms with Crippen LogP contribution in [0.3, 0.4) is 0 Å². The smallest absolute Gasteiger partial charge is 0.0366 e. The van der Waals surface area contributed by atoms with E-state index >= 15 is 0 Å². The molecule has 0 spiro atoms. The van der Waals surface area contributed by atoms with Crippen LogP contribution in [-0.2, 0) is 0 Å². The average molecular weight is 254 g/mol. The van der Waals surface area contributed by atoms with E-state index in [0.29, 0.717) is 0 Å². The molecule has 0 aromatic heterocycles. The third-order valence-corrected chi connectivity index (χ3v) is 3.19. The van der Waals surface area contributed by atoms with Crippen LogP contribution in [0.15, 0.2) is 30.3 Å². The van der Waals surface area contributed by atoms with Gasteiger partial charge in [0.2, 0.25) is 0 Å². The maximum Gasteiger partial charge on any atom is 0.0366 e. The highest BCUT2D eigenvalue weighted by Crippen LogP contribution is 2.15. The van der Waals surface area contributed by atoms with Gasteiger partial charge in [0.1, 0.15) is 0 Å². The van der Waals surface area contributed by atoms with E-state index in [1.54, 1.807) is 0 Å². The second-order valence-electron chi connectivity index (χ2n) is 4.43. The van der Waals surface area contributed by atoms with Crippen molar-refractivity contribution in [2.75, 3.05) is 23.9 Å². The van der Waals surface area contributed by atoms with Crippen molar-refractivity contribution >= 4 is 17.3 Å². The van der Waals surface area contributed by atoms with Crippen molar-refractivity contribution in [1.82, 2.24) is 0 Å². The number of rotatable bonds is 9. The Morgan fingerprint density at radius 1 is 0.941 bits per heavy atom. The largest absolute Gasteiger partial charge is 0.372 e. The molecule has 96 valence electrons. The number of anilines is 1. The zero-order valence-corrected chi connectivity index (χ0v) is 11.6. The molecule has 1 aromatic rings. The number of unbranched alkanes of at least 4 members (excludes halogenated alkanes) is 3. The highest BCUT2D eigenvalue weighted by molar-refractivity contribution is 6.17. The van der Waals surface area contributed by atoms with Crippen molar-refractivity contribution in [3.8, 4) is 0 Å². The first-order valence-corrected chi connectivity index (χ1v) is 7.28. The molecule has 1 aromatic carbocycles. The van der Waals surface area contributed by atoms with Gasteiger partial charge in [-0.1, -0.05) is 38.0 Å². The van der Waals surface area contributed by atoms with Crippen LogP contribution in [0.25, 0.3) is 0 Å². The van der Waals surface area contributed by atoms with Gasteiger partial charge >= 0.3 is 0 Å². The van der Waals surface area contributed by atoms with Crippen LogP contribution in [0.1, 0.15) is 39.0 Å². The van der Waals surface area contributed by atoms with Crippen molar-refractivity contribution in [1.29, 1.82) is 0 Å². The Labute approximate surface area is 111 Å². The Hall–Kier alpha value is -0.690. The third kappa shape index (κ3) is 5.97. The zero-order chi connectivity index (χ0) is 12.3. The summed E-state index contributed by atoms with van der Waals surface area (Å²) in [5.41, 5.74) is 1.35. The van der Waals surface area contributed by atoms with E-state index in [1.165, 1.54) is 37.9 Å². The quantitative estimate of drug-likeness (QED) is 0.455. The van der Waals surface area contributed by atoms with Crippen molar-refractivity contribution in [3.05, 3.63) is 30.3 Å². The van der Waals surface area contributed by atoms with Gasteiger partial charge in [-0.25, -0.2) is 0 Å². The molecule has 2 heteroatoms. The number of hydrogen-bond acceptors (Lipinski definition) is 1. The van der Waals surface area contributed by atoms with Gasteiger partial charge in [-0.05, 0) is 31.4 Å². The number of nitrogens with zero attached hydrogens (tertiary/aromatic N) is 1. The summed E-state index contributed by atoms with van der Waals surface area (Å²) in [6.07, 6.45) is 6.18. The van der Waals surface area contributed by atoms with Gasteiger partial charge in [0.15, 0.2) is 0 Å². The fraction of sp³-hybridized carbons (Fsp3) is 0.600. The molecule has 0 aliphatic heterocycles. The first-order valence-electron chi connectivity index (χ1n) is 6.74. The van der Waals surface area contributed by atoms with Gasteiger partial charge in [-0.3, -0.25) is 0 Å². The Morgan fingerprint density at radius 3 is 2.29 bits per heavy atom. The average Bonchev–Trinajstić information content (AvgIpc) is 2.38. The molecule has 0 heterocycles. The number of halogens is 1. The Morgan fingerprint density at radius 2 is 1.65 bits per heavy atom. The van der Waals surface area contributed by atoms with Gasteiger partial charge in [0.05, 0.1) is 0 Å². The summed E-state index contributed by atoms with van der Waals surface area (Å²) in [6, 6.07) is 10.7. The maximum absolute atomic E-state index is 5.68. The van der Waals surface area contributed by atoms with Gasteiger partial charge in [-0.15, -0.1) is 11.6 Å². The van der Waals surface area contributed by atoms with Gasteiger partial charge in [0, 0.05) is 24.7 Å². The van der Waals surface area contributed by atoms with E-state index in [0.717, 1.165) is 18.8 Å². The normalized spacial score (nSPS) is 10.5. The van der Waals surface area contributed by atoms with Crippen molar-refractivity contribution < 1.29 is 0 Å². The summed E-state index contributed by atoms with van der Waals surface area (Å²) < 4.78 is 0. The van der Waals surface area contributed by atoms with E-state index < -0.39 is 0 Å². The second kappa shape index (κ2) is 9.35. The number of alkyl halides is 1. The monoisotopic (exact) mass is 253 g/mol. The summed E-state index contributed by atoms with van der Waals surface area (Å²) in [6.45, 7) is 4.56. The standard InChI is InChI=1S/C15H24ClN/c1-2-13-17(14-9-4-3-8-12-16)15-10-6-5-7-11-15/h5-7,10-11H,2-4,8-9,12-14H2,1H3. The first-order chi connectivity index (χ1) is 8.38. The van der Waals surface area contributed by atoms with Crippen LogP contribution >= 0.6 is 11.6 Å². The summed E-state index contributed by atoms with van der Waals surface area (Å²) in [5, 5.41) is 0. The lowest BCUT2D eigenvalue weighted by molar-refractivity contribution is 0.640.